The molecule has 0 saturated heterocycles. The molecule has 3 rings (SSSR count). The molecular formula is C16H12BrN3O5S. The van der Waals surface area contributed by atoms with Gasteiger partial charge in [0.25, 0.3) is 11.5 Å². The number of benzene rings is 1. The number of carbonyl (C=O) groups is 2. The second kappa shape index (κ2) is 7.26. The van der Waals surface area contributed by atoms with E-state index in [9.17, 15) is 19.5 Å². The molecule has 0 fully saturated rings. The van der Waals surface area contributed by atoms with Crippen molar-refractivity contribution in [1.29, 1.82) is 0 Å². The lowest BCUT2D eigenvalue weighted by atomic mass is 10.2. The molecule has 3 N–H and O–H groups in total. The van der Waals surface area contributed by atoms with Crippen LogP contribution in [0.2, 0.25) is 0 Å². The Hall–Kier alpha value is -2.72. The molecule has 0 aliphatic carbocycles. The number of aliphatic carboxylic acids is 1. The summed E-state index contributed by atoms with van der Waals surface area (Å²) in [6.07, 6.45) is 0. The van der Waals surface area contributed by atoms with Gasteiger partial charge in [0.1, 0.15) is 16.8 Å². The second-order valence-electron chi connectivity index (χ2n) is 5.30. The highest BCUT2D eigenvalue weighted by Crippen LogP contribution is 2.34. The average molecular weight is 438 g/mol. The topological polar surface area (TPSA) is 122 Å². The van der Waals surface area contributed by atoms with E-state index in [0.29, 0.717) is 3.92 Å². The number of carboxylic acids is 1. The lowest BCUT2D eigenvalue weighted by Crippen LogP contribution is -2.36. The summed E-state index contributed by atoms with van der Waals surface area (Å²) in [5.41, 5.74) is -0.212. The summed E-state index contributed by atoms with van der Waals surface area (Å²) in [6.45, 7) is -0.521. The molecule has 0 bridgehead atoms. The smallest absolute Gasteiger partial charge is 0.322 e. The fourth-order valence-electron chi connectivity index (χ4n) is 2.43. The Balaban J connectivity index is 2.18. The predicted octanol–water partition coefficient (Wildman–Crippen LogP) is 1.79. The van der Waals surface area contributed by atoms with Crippen LogP contribution in [-0.2, 0) is 11.3 Å². The highest BCUT2D eigenvalue weighted by Gasteiger charge is 2.25. The van der Waals surface area contributed by atoms with Crippen molar-refractivity contribution in [1.82, 2.24) is 14.9 Å². The normalized spacial score (nSPS) is 10.8. The van der Waals surface area contributed by atoms with Gasteiger partial charge in [-0.15, -0.1) is 11.3 Å². The molecule has 134 valence electrons. The van der Waals surface area contributed by atoms with Gasteiger partial charge in [0.05, 0.1) is 6.54 Å². The molecule has 1 amide bonds. The van der Waals surface area contributed by atoms with E-state index in [-0.39, 0.29) is 16.9 Å². The maximum atomic E-state index is 12.8. The second-order valence-corrected chi connectivity index (χ2v) is 7.57. The van der Waals surface area contributed by atoms with Crippen LogP contribution in [0.3, 0.4) is 0 Å². The molecule has 0 aliphatic heterocycles. The number of aromatic nitrogens is 2. The summed E-state index contributed by atoms with van der Waals surface area (Å²) in [5.74, 6) is -2.73. The molecule has 0 aliphatic rings. The Bertz CT molecular complexity index is 1060. The number of carboxylic acid groups (broad SMARTS) is 1. The molecule has 2 aromatic heterocycles. The molecule has 2 heterocycles. The number of fused-ring (bicyclic) bond motifs is 1. The van der Waals surface area contributed by atoms with Gasteiger partial charge in [-0.25, -0.2) is 4.98 Å². The van der Waals surface area contributed by atoms with Crippen molar-refractivity contribution in [3.63, 3.8) is 0 Å². The number of hydrogen-bond acceptors (Lipinski definition) is 6. The summed E-state index contributed by atoms with van der Waals surface area (Å²) < 4.78 is 1.97. The Morgan fingerprint density at radius 1 is 1.27 bits per heavy atom. The first kappa shape index (κ1) is 18.1. The van der Waals surface area contributed by atoms with Gasteiger partial charge in [-0.05, 0) is 21.5 Å². The number of aromatic hydroxyl groups is 1. The van der Waals surface area contributed by atoms with E-state index >= 15 is 0 Å². The van der Waals surface area contributed by atoms with Crippen molar-refractivity contribution >= 4 is 49.5 Å². The third-order valence-corrected chi connectivity index (χ3v) is 5.06. The number of rotatable bonds is 5. The van der Waals surface area contributed by atoms with Crippen molar-refractivity contribution in [3.05, 3.63) is 55.7 Å². The summed E-state index contributed by atoms with van der Waals surface area (Å²) in [6, 6.07) is 9.10. The van der Waals surface area contributed by atoms with Crippen LogP contribution < -0.4 is 10.9 Å². The molecular weight excluding hydrogens is 426 g/mol. The van der Waals surface area contributed by atoms with Crippen molar-refractivity contribution in [3.8, 4) is 5.75 Å². The first-order valence-electron chi connectivity index (χ1n) is 7.34. The standard InChI is InChI=1S/C16H12BrN3O5S/c17-16-19-13-12(26-16)11(23)10(14(24)18-6-9(21)22)15(25)20(13)7-8-4-2-1-3-5-8/h1-5,23H,6-7H2,(H,18,24)(H,21,22). The largest absolute Gasteiger partial charge is 0.505 e. The summed E-state index contributed by atoms with van der Waals surface area (Å²) in [5, 5.41) is 21.2. The number of halogens is 1. The number of nitrogens with one attached hydrogen (secondary N) is 1. The van der Waals surface area contributed by atoms with Gasteiger partial charge in [-0.1, -0.05) is 30.3 Å². The third kappa shape index (κ3) is 3.46. The monoisotopic (exact) mass is 437 g/mol. The fraction of sp³-hybridized carbons (Fsp3) is 0.125. The SMILES string of the molecule is O=C(O)CNC(=O)c1c(O)c2sc(Br)nc2n(Cc2ccccc2)c1=O. The van der Waals surface area contributed by atoms with Crippen molar-refractivity contribution in [2.45, 2.75) is 6.54 Å². The van der Waals surface area contributed by atoms with E-state index < -0.39 is 35.3 Å². The quantitative estimate of drug-likeness (QED) is 0.559. The molecule has 0 unspecified atom stereocenters. The van der Waals surface area contributed by atoms with Crippen LogP contribution in [0.25, 0.3) is 10.3 Å². The zero-order valence-electron chi connectivity index (χ0n) is 13.1. The van der Waals surface area contributed by atoms with E-state index in [1.807, 2.05) is 30.3 Å². The number of carbonyl (C=O) groups excluding carboxylic acids is 1. The van der Waals surface area contributed by atoms with Crippen LogP contribution in [0, 0.1) is 0 Å². The van der Waals surface area contributed by atoms with E-state index in [1.54, 1.807) is 0 Å². The Morgan fingerprint density at radius 3 is 2.62 bits per heavy atom. The van der Waals surface area contributed by atoms with Crippen LogP contribution in [0.4, 0.5) is 0 Å². The lowest BCUT2D eigenvalue weighted by Gasteiger charge is -2.11. The van der Waals surface area contributed by atoms with Gasteiger partial charge in [0.2, 0.25) is 0 Å². The van der Waals surface area contributed by atoms with Gasteiger partial charge < -0.3 is 15.5 Å². The first-order valence-corrected chi connectivity index (χ1v) is 8.95. The van der Waals surface area contributed by atoms with Crippen molar-refractivity contribution < 1.29 is 19.8 Å². The zero-order valence-corrected chi connectivity index (χ0v) is 15.5. The highest BCUT2D eigenvalue weighted by molar-refractivity contribution is 9.11. The first-order chi connectivity index (χ1) is 12.4. The Labute approximate surface area is 158 Å². The molecule has 0 saturated carbocycles. The number of amides is 1. The average Bonchev–Trinajstić information content (AvgIpc) is 3.00. The van der Waals surface area contributed by atoms with Crippen LogP contribution >= 0.6 is 27.3 Å². The van der Waals surface area contributed by atoms with Gasteiger partial charge in [0, 0.05) is 0 Å². The zero-order chi connectivity index (χ0) is 18.8. The predicted molar refractivity (Wildman–Crippen MR) is 98.8 cm³/mol. The molecule has 3 aromatic rings. The Kier molecular flexibility index (Phi) is 5.05. The number of pyridine rings is 1. The van der Waals surface area contributed by atoms with Crippen LogP contribution in [-0.4, -0.2) is 38.2 Å². The molecule has 0 spiro atoms. The fourth-order valence-corrected chi connectivity index (χ4v) is 3.83. The van der Waals surface area contributed by atoms with E-state index in [1.165, 1.54) is 4.57 Å². The molecule has 10 heteroatoms. The summed E-state index contributed by atoms with van der Waals surface area (Å²) in [7, 11) is 0. The molecule has 0 radical (unpaired) electrons. The molecule has 8 nitrogen and oxygen atoms in total. The lowest BCUT2D eigenvalue weighted by molar-refractivity contribution is -0.135. The van der Waals surface area contributed by atoms with E-state index in [4.69, 9.17) is 5.11 Å². The maximum absolute atomic E-state index is 12.8. The van der Waals surface area contributed by atoms with Crippen LogP contribution in [0.15, 0.2) is 39.0 Å². The van der Waals surface area contributed by atoms with Crippen molar-refractivity contribution in [2.75, 3.05) is 6.54 Å². The summed E-state index contributed by atoms with van der Waals surface area (Å²) in [4.78, 5) is 40.0. The number of nitrogens with zero attached hydrogens (tertiary/aromatic N) is 2. The van der Waals surface area contributed by atoms with Gasteiger partial charge in [0.15, 0.2) is 15.3 Å². The third-order valence-electron chi connectivity index (χ3n) is 3.56. The van der Waals surface area contributed by atoms with Crippen LogP contribution in [0.5, 0.6) is 5.75 Å². The molecule has 26 heavy (non-hydrogen) atoms. The highest BCUT2D eigenvalue weighted by atomic mass is 79.9. The van der Waals surface area contributed by atoms with Crippen molar-refractivity contribution in [2.24, 2.45) is 0 Å². The maximum Gasteiger partial charge on any atom is 0.322 e. The van der Waals surface area contributed by atoms with E-state index in [0.717, 1.165) is 16.9 Å². The van der Waals surface area contributed by atoms with Gasteiger partial charge in [-0.3, -0.25) is 19.0 Å². The number of thiazole rings is 1. The van der Waals surface area contributed by atoms with Gasteiger partial charge >= 0.3 is 5.97 Å². The number of hydrogen-bond donors (Lipinski definition) is 3. The molecule has 0 atom stereocenters. The van der Waals surface area contributed by atoms with Crippen LogP contribution in [0.1, 0.15) is 15.9 Å². The Morgan fingerprint density at radius 2 is 1.96 bits per heavy atom. The minimum absolute atomic E-state index is 0.145. The minimum Gasteiger partial charge on any atom is -0.505 e. The summed E-state index contributed by atoms with van der Waals surface area (Å²) >= 11 is 4.28. The molecule has 1 aromatic carbocycles. The van der Waals surface area contributed by atoms with E-state index in [2.05, 4.69) is 26.2 Å². The van der Waals surface area contributed by atoms with Gasteiger partial charge in [-0.2, -0.15) is 0 Å². The minimum atomic E-state index is -1.26.